The quantitative estimate of drug-likeness (QED) is 0.638. The van der Waals surface area contributed by atoms with Gasteiger partial charge in [0.25, 0.3) is 6.43 Å². The summed E-state index contributed by atoms with van der Waals surface area (Å²) in [7, 11) is 1.70. The number of alkyl halides is 2. The molecule has 1 heterocycles. The van der Waals surface area contributed by atoms with Crippen LogP contribution in [0.1, 0.15) is 24.0 Å². The lowest BCUT2D eigenvalue weighted by Gasteiger charge is -2.32. The third-order valence-corrected chi connectivity index (χ3v) is 4.06. The number of hydrogen-bond acceptors (Lipinski definition) is 3. The van der Waals surface area contributed by atoms with E-state index in [1.807, 2.05) is 18.2 Å². The van der Waals surface area contributed by atoms with Crippen LogP contribution in [0.3, 0.4) is 0 Å². The first-order chi connectivity index (χ1) is 11.6. The molecule has 0 bridgehead atoms. The zero-order chi connectivity index (χ0) is 17.4. The van der Waals surface area contributed by atoms with Gasteiger partial charge in [-0.15, -0.1) is 0 Å². The average Bonchev–Trinajstić information content (AvgIpc) is 2.59. The van der Waals surface area contributed by atoms with Gasteiger partial charge in [-0.1, -0.05) is 12.1 Å². The molecule has 24 heavy (non-hydrogen) atoms. The molecular weight excluding hydrogens is 312 g/mol. The number of piperidine rings is 1. The van der Waals surface area contributed by atoms with Crippen molar-refractivity contribution in [1.82, 2.24) is 15.5 Å². The molecule has 0 atom stereocenters. The van der Waals surface area contributed by atoms with Crippen molar-refractivity contribution in [3.8, 4) is 6.07 Å². The second kappa shape index (κ2) is 9.18. The Morgan fingerprint density at radius 1 is 1.42 bits per heavy atom. The Kier molecular flexibility index (Phi) is 6.94. The maximum Gasteiger partial charge on any atom is 0.251 e. The first kappa shape index (κ1) is 18.1. The van der Waals surface area contributed by atoms with Gasteiger partial charge in [0.05, 0.1) is 18.2 Å². The van der Waals surface area contributed by atoms with Crippen molar-refractivity contribution in [2.24, 2.45) is 4.99 Å². The van der Waals surface area contributed by atoms with Gasteiger partial charge >= 0.3 is 0 Å². The molecule has 2 rings (SSSR count). The predicted octanol–water partition coefficient (Wildman–Crippen LogP) is 1.95. The van der Waals surface area contributed by atoms with Crippen LogP contribution >= 0.6 is 0 Å². The van der Waals surface area contributed by atoms with Crippen LogP contribution in [0.2, 0.25) is 0 Å². The van der Waals surface area contributed by atoms with Gasteiger partial charge in [0.1, 0.15) is 0 Å². The van der Waals surface area contributed by atoms with Crippen LogP contribution in [0.4, 0.5) is 8.78 Å². The molecule has 2 N–H and O–H groups in total. The van der Waals surface area contributed by atoms with E-state index in [1.54, 1.807) is 18.0 Å². The van der Waals surface area contributed by atoms with E-state index in [9.17, 15) is 8.78 Å². The van der Waals surface area contributed by atoms with Crippen LogP contribution in [0.5, 0.6) is 0 Å². The van der Waals surface area contributed by atoms with Gasteiger partial charge in [-0.3, -0.25) is 9.89 Å². The number of halogens is 2. The summed E-state index contributed by atoms with van der Waals surface area (Å²) in [6.45, 7) is 1.76. The second-order valence-electron chi connectivity index (χ2n) is 5.85. The van der Waals surface area contributed by atoms with E-state index in [0.29, 0.717) is 31.2 Å². The molecule has 7 heteroatoms. The summed E-state index contributed by atoms with van der Waals surface area (Å²) in [4.78, 5) is 6.00. The van der Waals surface area contributed by atoms with E-state index in [0.717, 1.165) is 18.4 Å². The molecule has 0 amide bonds. The Hall–Kier alpha value is -2.20. The third kappa shape index (κ3) is 5.78. The zero-order valence-corrected chi connectivity index (χ0v) is 13.8. The fourth-order valence-electron chi connectivity index (χ4n) is 2.78. The standard InChI is InChI=1S/C17H23F2N5/c1-21-17(22-11-14-4-2-3-13(9-14)10-20)23-15-5-7-24(8-6-15)12-16(18)19/h2-4,9,15-16H,5-8,11-12H2,1H3,(H2,21,22,23). The Morgan fingerprint density at radius 2 is 2.17 bits per heavy atom. The summed E-state index contributed by atoms with van der Waals surface area (Å²) in [5, 5.41) is 15.5. The lowest BCUT2D eigenvalue weighted by Crippen LogP contribution is -2.49. The van der Waals surface area contributed by atoms with Gasteiger partial charge in [0, 0.05) is 32.7 Å². The minimum atomic E-state index is -2.27. The number of aliphatic imine (C=N–C) groups is 1. The SMILES string of the molecule is CN=C(NCc1cccc(C#N)c1)NC1CCN(CC(F)F)CC1. The van der Waals surface area contributed by atoms with E-state index in [-0.39, 0.29) is 12.6 Å². The van der Waals surface area contributed by atoms with Crippen molar-refractivity contribution in [3.05, 3.63) is 35.4 Å². The van der Waals surface area contributed by atoms with Crippen LogP contribution < -0.4 is 10.6 Å². The highest BCUT2D eigenvalue weighted by atomic mass is 19.3. The Labute approximate surface area is 141 Å². The molecule has 0 unspecified atom stereocenters. The van der Waals surface area contributed by atoms with E-state index in [1.165, 1.54) is 0 Å². The van der Waals surface area contributed by atoms with E-state index in [4.69, 9.17) is 5.26 Å². The number of hydrogen-bond donors (Lipinski definition) is 2. The van der Waals surface area contributed by atoms with Crippen molar-refractivity contribution in [3.63, 3.8) is 0 Å². The molecule has 0 aromatic heterocycles. The molecule has 1 aromatic carbocycles. The first-order valence-electron chi connectivity index (χ1n) is 8.07. The van der Waals surface area contributed by atoms with Crippen LogP contribution in [-0.4, -0.2) is 50.0 Å². The summed E-state index contributed by atoms with van der Waals surface area (Å²) in [5.74, 6) is 0.685. The van der Waals surface area contributed by atoms with Gasteiger partial charge in [0.15, 0.2) is 5.96 Å². The largest absolute Gasteiger partial charge is 0.354 e. The second-order valence-corrected chi connectivity index (χ2v) is 5.85. The summed E-state index contributed by atoms with van der Waals surface area (Å²) in [5.41, 5.74) is 1.63. The third-order valence-electron chi connectivity index (χ3n) is 4.06. The molecule has 0 radical (unpaired) electrons. The molecule has 1 aromatic rings. The summed E-state index contributed by atoms with van der Waals surface area (Å²) >= 11 is 0. The average molecular weight is 335 g/mol. The highest BCUT2D eigenvalue weighted by Gasteiger charge is 2.21. The molecular formula is C17H23F2N5. The van der Waals surface area contributed by atoms with E-state index >= 15 is 0 Å². The number of nitrogens with one attached hydrogen (secondary N) is 2. The minimum Gasteiger partial charge on any atom is -0.354 e. The zero-order valence-electron chi connectivity index (χ0n) is 13.8. The number of rotatable bonds is 5. The molecule has 1 fully saturated rings. The van der Waals surface area contributed by atoms with Crippen LogP contribution in [0, 0.1) is 11.3 Å². The van der Waals surface area contributed by atoms with Crippen molar-refractivity contribution in [2.75, 3.05) is 26.7 Å². The minimum absolute atomic E-state index is 0.144. The van der Waals surface area contributed by atoms with E-state index in [2.05, 4.69) is 21.7 Å². The maximum absolute atomic E-state index is 12.4. The van der Waals surface area contributed by atoms with Crippen LogP contribution in [-0.2, 0) is 6.54 Å². The number of likely N-dealkylation sites (tertiary alicyclic amines) is 1. The molecule has 0 saturated carbocycles. The number of nitriles is 1. The maximum atomic E-state index is 12.4. The molecule has 1 aliphatic rings. The van der Waals surface area contributed by atoms with Crippen molar-refractivity contribution in [2.45, 2.75) is 31.9 Å². The number of nitrogens with zero attached hydrogens (tertiary/aromatic N) is 3. The predicted molar refractivity (Wildman–Crippen MR) is 90.0 cm³/mol. The molecule has 5 nitrogen and oxygen atoms in total. The highest BCUT2D eigenvalue weighted by molar-refractivity contribution is 5.79. The van der Waals surface area contributed by atoms with Crippen molar-refractivity contribution < 1.29 is 8.78 Å². The van der Waals surface area contributed by atoms with Crippen molar-refractivity contribution >= 4 is 5.96 Å². The molecule has 1 saturated heterocycles. The monoisotopic (exact) mass is 335 g/mol. The first-order valence-corrected chi connectivity index (χ1v) is 8.07. The lowest BCUT2D eigenvalue weighted by molar-refractivity contribution is 0.0744. The fourth-order valence-corrected chi connectivity index (χ4v) is 2.78. The van der Waals surface area contributed by atoms with Gasteiger partial charge < -0.3 is 10.6 Å². The lowest BCUT2D eigenvalue weighted by atomic mass is 10.1. The van der Waals surface area contributed by atoms with Gasteiger partial charge in [-0.25, -0.2) is 8.78 Å². The van der Waals surface area contributed by atoms with Crippen molar-refractivity contribution in [1.29, 1.82) is 5.26 Å². The molecule has 1 aliphatic heterocycles. The normalized spacial score (nSPS) is 16.9. The van der Waals surface area contributed by atoms with Crippen LogP contribution in [0.15, 0.2) is 29.3 Å². The Morgan fingerprint density at radius 3 is 2.79 bits per heavy atom. The Balaban J connectivity index is 1.78. The van der Waals surface area contributed by atoms with Gasteiger partial charge in [0.2, 0.25) is 0 Å². The Bertz CT molecular complexity index is 589. The molecule has 0 aliphatic carbocycles. The molecule has 0 spiro atoms. The summed E-state index contributed by atoms with van der Waals surface area (Å²) < 4.78 is 24.8. The summed E-state index contributed by atoms with van der Waals surface area (Å²) in [6, 6.07) is 9.76. The van der Waals surface area contributed by atoms with E-state index < -0.39 is 6.43 Å². The smallest absolute Gasteiger partial charge is 0.251 e. The van der Waals surface area contributed by atoms with Crippen LogP contribution in [0.25, 0.3) is 0 Å². The number of guanidine groups is 1. The summed E-state index contributed by atoms with van der Waals surface area (Å²) in [6.07, 6.45) is -0.637. The van der Waals surface area contributed by atoms with Gasteiger partial charge in [-0.2, -0.15) is 5.26 Å². The highest BCUT2D eigenvalue weighted by Crippen LogP contribution is 2.12. The van der Waals surface area contributed by atoms with Gasteiger partial charge in [-0.05, 0) is 30.5 Å². The fraction of sp³-hybridized carbons (Fsp3) is 0.529. The molecule has 130 valence electrons. The number of benzene rings is 1. The topological polar surface area (TPSA) is 63.5 Å².